The molecule has 0 aromatic carbocycles. The second kappa shape index (κ2) is 5.02. The van der Waals surface area contributed by atoms with Gasteiger partial charge in [-0.2, -0.15) is 9.61 Å². The highest BCUT2D eigenvalue weighted by molar-refractivity contribution is 7.16. The Kier molecular flexibility index (Phi) is 3.56. The molecule has 6 heteroatoms. The predicted octanol–water partition coefficient (Wildman–Crippen LogP) is 3.24. The van der Waals surface area contributed by atoms with Crippen LogP contribution in [-0.2, 0) is 11.0 Å². The molecule has 2 heterocycles. The molecule has 0 saturated heterocycles. The van der Waals surface area contributed by atoms with Crippen LogP contribution < -0.4 is 5.73 Å². The van der Waals surface area contributed by atoms with Gasteiger partial charge in [0.25, 0.3) is 0 Å². The molecule has 21 heavy (non-hydrogen) atoms. The molecule has 0 spiro atoms. The third-order valence-corrected chi connectivity index (χ3v) is 5.78. The van der Waals surface area contributed by atoms with E-state index in [2.05, 4.69) is 37.9 Å². The van der Waals surface area contributed by atoms with Crippen molar-refractivity contribution in [2.24, 2.45) is 11.7 Å². The fourth-order valence-corrected chi connectivity index (χ4v) is 4.10. The maximum absolute atomic E-state index is 6.67. The predicted molar refractivity (Wildman–Crippen MR) is 85.5 cm³/mol. The third-order valence-electron chi connectivity index (χ3n) is 4.66. The van der Waals surface area contributed by atoms with Gasteiger partial charge >= 0.3 is 0 Å². The number of fused-ring (bicyclic) bond motifs is 1. The van der Waals surface area contributed by atoms with E-state index >= 15 is 0 Å². The molecule has 5 nitrogen and oxygen atoms in total. The quantitative estimate of drug-likeness (QED) is 0.924. The first-order valence-corrected chi connectivity index (χ1v) is 8.67. The molecule has 0 radical (unpaired) electrons. The van der Waals surface area contributed by atoms with Gasteiger partial charge in [-0.05, 0) is 31.6 Å². The lowest BCUT2D eigenvalue weighted by Gasteiger charge is -2.35. The molecule has 0 atom stereocenters. The van der Waals surface area contributed by atoms with E-state index in [0.717, 1.165) is 34.6 Å². The minimum Gasteiger partial charge on any atom is -0.319 e. The van der Waals surface area contributed by atoms with Crippen molar-refractivity contribution in [3.8, 4) is 0 Å². The Balaban J connectivity index is 1.93. The minimum absolute atomic E-state index is 0.0631. The van der Waals surface area contributed by atoms with Crippen LogP contribution in [0.25, 0.3) is 4.96 Å². The van der Waals surface area contributed by atoms with Gasteiger partial charge in [0.15, 0.2) is 5.82 Å². The number of aromatic nitrogens is 4. The molecule has 0 aliphatic heterocycles. The standard InChI is InChI=1S/C15H25N5S/c1-5-10-6-8-15(16,9-7-10)12-19-20-11(14(2,3)4)17-18-13(20)21-12/h10H,5-9,16H2,1-4H3. The second-order valence-electron chi connectivity index (χ2n) is 7.38. The van der Waals surface area contributed by atoms with Crippen molar-refractivity contribution in [2.75, 3.05) is 0 Å². The molecule has 0 amide bonds. The van der Waals surface area contributed by atoms with Gasteiger partial charge < -0.3 is 5.73 Å². The summed E-state index contributed by atoms with van der Waals surface area (Å²) in [5.41, 5.74) is 6.33. The fraction of sp³-hybridized carbons (Fsp3) is 0.800. The molecular formula is C15H25N5S. The molecule has 1 fully saturated rings. The average molecular weight is 307 g/mol. The first-order chi connectivity index (χ1) is 9.83. The fourth-order valence-electron chi connectivity index (χ4n) is 3.10. The number of nitrogens with two attached hydrogens (primary N) is 1. The van der Waals surface area contributed by atoms with Gasteiger partial charge in [-0.15, -0.1) is 10.2 Å². The summed E-state index contributed by atoms with van der Waals surface area (Å²) in [5, 5.41) is 14.3. The monoisotopic (exact) mass is 307 g/mol. The molecule has 1 aliphatic rings. The van der Waals surface area contributed by atoms with Crippen LogP contribution in [0, 0.1) is 5.92 Å². The largest absolute Gasteiger partial charge is 0.319 e. The molecule has 1 aliphatic carbocycles. The van der Waals surface area contributed by atoms with Gasteiger partial charge in [0, 0.05) is 5.41 Å². The molecule has 0 unspecified atom stereocenters. The topological polar surface area (TPSA) is 69.1 Å². The molecular weight excluding hydrogens is 282 g/mol. The maximum Gasteiger partial charge on any atom is 0.234 e. The van der Waals surface area contributed by atoms with Gasteiger partial charge in [0.05, 0.1) is 5.54 Å². The Morgan fingerprint density at radius 1 is 1.29 bits per heavy atom. The van der Waals surface area contributed by atoms with Crippen molar-refractivity contribution in [3.05, 3.63) is 10.8 Å². The summed E-state index contributed by atoms with van der Waals surface area (Å²) in [6.45, 7) is 8.67. The van der Waals surface area contributed by atoms with E-state index in [9.17, 15) is 0 Å². The van der Waals surface area contributed by atoms with E-state index in [1.165, 1.54) is 19.3 Å². The Morgan fingerprint density at radius 2 is 1.95 bits per heavy atom. The Bertz CT molecular complexity index is 628. The van der Waals surface area contributed by atoms with Crippen molar-refractivity contribution < 1.29 is 0 Å². The average Bonchev–Trinajstić information content (AvgIpc) is 2.98. The van der Waals surface area contributed by atoms with Crippen molar-refractivity contribution in [2.45, 2.75) is 70.8 Å². The molecule has 3 rings (SSSR count). The maximum atomic E-state index is 6.67. The lowest BCUT2D eigenvalue weighted by molar-refractivity contribution is 0.230. The normalized spacial score (nSPS) is 27.4. The van der Waals surface area contributed by atoms with E-state index in [1.54, 1.807) is 11.3 Å². The zero-order valence-electron chi connectivity index (χ0n) is 13.4. The Labute approximate surface area is 129 Å². The summed E-state index contributed by atoms with van der Waals surface area (Å²) >= 11 is 1.60. The molecule has 2 N–H and O–H groups in total. The highest BCUT2D eigenvalue weighted by atomic mass is 32.1. The van der Waals surface area contributed by atoms with E-state index in [-0.39, 0.29) is 11.0 Å². The lowest BCUT2D eigenvalue weighted by Crippen LogP contribution is -2.40. The zero-order valence-corrected chi connectivity index (χ0v) is 14.2. The second-order valence-corrected chi connectivity index (χ2v) is 8.34. The van der Waals surface area contributed by atoms with Crippen LogP contribution in [-0.4, -0.2) is 19.8 Å². The summed E-state index contributed by atoms with van der Waals surface area (Å²) < 4.78 is 1.89. The van der Waals surface area contributed by atoms with Gasteiger partial charge in [0.2, 0.25) is 4.96 Å². The molecule has 2 aromatic rings. The van der Waals surface area contributed by atoms with Crippen LogP contribution in [0.3, 0.4) is 0 Å². The van der Waals surface area contributed by atoms with E-state index in [0.29, 0.717) is 0 Å². The van der Waals surface area contributed by atoms with Gasteiger partial charge in [0.1, 0.15) is 5.01 Å². The highest BCUT2D eigenvalue weighted by Crippen LogP contribution is 2.40. The first kappa shape index (κ1) is 14.9. The van der Waals surface area contributed by atoms with Crippen molar-refractivity contribution in [1.82, 2.24) is 19.8 Å². The minimum atomic E-state index is -0.272. The van der Waals surface area contributed by atoms with Crippen molar-refractivity contribution in [3.63, 3.8) is 0 Å². The molecule has 2 aromatic heterocycles. The van der Waals surface area contributed by atoms with Crippen LogP contribution in [0.2, 0.25) is 0 Å². The lowest BCUT2D eigenvalue weighted by atomic mass is 9.76. The summed E-state index contributed by atoms with van der Waals surface area (Å²) in [7, 11) is 0. The van der Waals surface area contributed by atoms with Crippen LogP contribution >= 0.6 is 11.3 Å². The van der Waals surface area contributed by atoms with E-state index < -0.39 is 0 Å². The summed E-state index contributed by atoms with van der Waals surface area (Å²) in [6.07, 6.45) is 5.73. The van der Waals surface area contributed by atoms with Crippen molar-refractivity contribution in [1.29, 1.82) is 0 Å². The molecule has 0 bridgehead atoms. The van der Waals surface area contributed by atoms with Gasteiger partial charge in [-0.25, -0.2) is 0 Å². The first-order valence-electron chi connectivity index (χ1n) is 7.85. The number of hydrogen-bond donors (Lipinski definition) is 1. The summed E-state index contributed by atoms with van der Waals surface area (Å²) in [4.78, 5) is 0.859. The summed E-state index contributed by atoms with van der Waals surface area (Å²) in [6, 6.07) is 0. The van der Waals surface area contributed by atoms with Crippen LogP contribution in [0.1, 0.15) is 70.6 Å². The number of hydrogen-bond acceptors (Lipinski definition) is 5. The Morgan fingerprint density at radius 3 is 2.52 bits per heavy atom. The highest BCUT2D eigenvalue weighted by Gasteiger charge is 2.36. The van der Waals surface area contributed by atoms with Crippen LogP contribution in [0.4, 0.5) is 0 Å². The van der Waals surface area contributed by atoms with Gasteiger partial charge in [-0.1, -0.05) is 45.5 Å². The van der Waals surface area contributed by atoms with Gasteiger partial charge in [-0.3, -0.25) is 0 Å². The van der Waals surface area contributed by atoms with Crippen LogP contribution in [0.15, 0.2) is 0 Å². The summed E-state index contributed by atoms with van der Waals surface area (Å²) in [5.74, 6) is 1.74. The molecule has 116 valence electrons. The number of rotatable bonds is 2. The van der Waals surface area contributed by atoms with Crippen molar-refractivity contribution >= 4 is 16.3 Å². The smallest absolute Gasteiger partial charge is 0.234 e. The number of nitrogens with zero attached hydrogens (tertiary/aromatic N) is 4. The third kappa shape index (κ3) is 2.59. The van der Waals surface area contributed by atoms with E-state index in [1.807, 2.05) is 4.52 Å². The van der Waals surface area contributed by atoms with Crippen LogP contribution in [0.5, 0.6) is 0 Å². The Hall–Kier alpha value is -1.01. The SMILES string of the molecule is CCC1CCC(N)(c2nn3c(C(C)(C)C)nnc3s2)CC1. The molecule has 1 saturated carbocycles. The van der Waals surface area contributed by atoms with E-state index in [4.69, 9.17) is 10.8 Å². The zero-order chi connectivity index (χ0) is 15.3.